The lowest BCUT2D eigenvalue weighted by Crippen LogP contribution is -2.34. The Bertz CT molecular complexity index is 304. The molecule has 0 aromatic rings. The van der Waals surface area contributed by atoms with Crippen molar-refractivity contribution < 1.29 is 26.3 Å². The van der Waals surface area contributed by atoms with Gasteiger partial charge >= 0.3 is 0 Å². The first-order valence-electron chi connectivity index (χ1n) is 2.93. The number of rotatable bonds is 0. The maximum absolute atomic E-state index is 12.6. The first-order chi connectivity index (χ1) is 5.80. The van der Waals surface area contributed by atoms with Gasteiger partial charge in [-0.05, 0) is 0 Å². The van der Waals surface area contributed by atoms with E-state index in [1.807, 2.05) is 0 Å². The van der Waals surface area contributed by atoms with Crippen LogP contribution in [0.1, 0.15) is 0 Å². The fourth-order valence-corrected chi connectivity index (χ4v) is 0.908. The molecule has 0 fully saturated rings. The zero-order valence-corrected chi connectivity index (χ0v) is 6.48. The van der Waals surface area contributed by atoms with Crippen LogP contribution in [-0.2, 0) is 0 Å². The molecule has 0 aromatic heterocycles. The van der Waals surface area contributed by atoms with Crippen LogP contribution in [0.5, 0.6) is 0 Å². The van der Waals surface area contributed by atoms with Crippen LogP contribution in [0.2, 0.25) is 0 Å². The van der Waals surface area contributed by atoms with Crippen LogP contribution in [-0.4, -0.2) is 11.3 Å². The summed E-state index contributed by atoms with van der Waals surface area (Å²) in [5, 5.41) is -4.01. The van der Waals surface area contributed by atoms with E-state index in [0.29, 0.717) is 0 Å². The Morgan fingerprint density at radius 3 is 2.00 bits per heavy atom. The minimum atomic E-state index is -4.01. The summed E-state index contributed by atoms with van der Waals surface area (Å²) in [4.78, 5) is 0. The molecular weight excluding hydrogens is 222 g/mol. The van der Waals surface area contributed by atoms with Gasteiger partial charge in [0.05, 0.1) is 0 Å². The smallest absolute Gasteiger partial charge is 0.234 e. The fraction of sp³-hybridized carbons (Fsp3) is 0.333. The van der Waals surface area contributed by atoms with Crippen LogP contribution >= 0.6 is 11.6 Å². The van der Waals surface area contributed by atoms with Crippen LogP contribution in [0.15, 0.2) is 23.3 Å². The Morgan fingerprint density at radius 1 is 1.08 bits per heavy atom. The Labute approximate surface area is 73.5 Å². The van der Waals surface area contributed by atoms with Crippen LogP contribution in [0.3, 0.4) is 0 Å². The predicted molar refractivity (Wildman–Crippen MR) is 33.1 cm³/mol. The molecule has 0 saturated heterocycles. The van der Waals surface area contributed by atoms with Gasteiger partial charge in [-0.25, -0.2) is 26.3 Å². The van der Waals surface area contributed by atoms with Crippen molar-refractivity contribution in [2.75, 3.05) is 0 Å². The molecule has 13 heavy (non-hydrogen) atoms. The summed E-state index contributed by atoms with van der Waals surface area (Å²) in [6.07, 6.45) is -3.38. The van der Waals surface area contributed by atoms with Gasteiger partial charge in [0.2, 0.25) is 6.17 Å². The molecule has 0 bridgehead atoms. The lowest BCUT2D eigenvalue weighted by molar-refractivity contribution is 0.126. The molecule has 0 spiro atoms. The van der Waals surface area contributed by atoms with Crippen molar-refractivity contribution in [3.05, 3.63) is 23.3 Å². The molecule has 0 aliphatic heterocycles. The fourth-order valence-electron chi connectivity index (χ4n) is 0.729. The van der Waals surface area contributed by atoms with Crippen LogP contribution < -0.4 is 0 Å². The highest BCUT2D eigenvalue weighted by atomic mass is 35.5. The van der Waals surface area contributed by atoms with Crippen molar-refractivity contribution in [2.45, 2.75) is 11.3 Å². The first kappa shape index (κ1) is 10.4. The van der Waals surface area contributed by atoms with E-state index in [1.54, 1.807) is 0 Å². The van der Waals surface area contributed by atoms with Crippen molar-refractivity contribution in [1.82, 2.24) is 0 Å². The minimum absolute atomic E-state index is 2.39. The molecule has 1 aliphatic rings. The molecule has 0 saturated carbocycles. The largest absolute Gasteiger partial charge is 0.275 e. The minimum Gasteiger partial charge on any atom is -0.234 e. The molecule has 0 heterocycles. The predicted octanol–water partition coefficient (Wildman–Crippen LogP) is 3.54. The van der Waals surface area contributed by atoms with Gasteiger partial charge in [0.25, 0.3) is 5.13 Å². The number of allylic oxidation sites excluding steroid dienone is 4. The highest BCUT2D eigenvalue weighted by Crippen LogP contribution is 2.46. The molecule has 0 amide bonds. The van der Waals surface area contributed by atoms with E-state index in [4.69, 9.17) is 0 Å². The average Bonchev–Trinajstić information content (AvgIpc) is 2.09. The third-order valence-electron chi connectivity index (χ3n) is 1.43. The molecule has 1 aliphatic carbocycles. The lowest BCUT2D eigenvalue weighted by Gasteiger charge is -2.23. The SMILES string of the molecule is FC1=C(F)[C@H](F)[C@](F)(Cl)C(F)=C1F. The highest BCUT2D eigenvalue weighted by molar-refractivity contribution is 6.25. The van der Waals surface area contributed by atoms with Gasteiger partial charge in [0, 0.05) is 0 Å². The highest BCUT2D eigenvalue weighted by Gasteiger charge is 2.52. The van der Waals surface area contributed by atoms with Crippen molar-refractivity contribution in [3.8, 4) is 0 Å². The van der Waals surface area contributed by atoms with E-state index in [-0.39, 0.29) is 0 Å². The van der Waals surface area contributed by atoms with E-state index < -0.39 is 34.6 Å². The van der Waals surface area contributed by atoms with Gasteiger partial charge < -0.3 is 0 Å². The van der Waals surface area contributed by atoms with Gasteiger partial charge in [0.15, 0.2) is 23.3 Å². The number of hydrogen-bond acceptors (Lipinski definition) is 0. The molecule has 0 N–H and O–H groups in total. The van der Waals surface area contributed by atoms with E-state index in [1.165, 1.54) is 0 Å². The molecule has 74 valence electrons. The number of halogens is 7. The van der Waals surface area contributed by atoms with E-state index in [9.17, 15) is 26.3 Å². The van der Waals surface area contributed by atoms with Gasteiger partial charge in [-0.2, -0.15) is 0 Å². The number of alkyl halides is 3. The number of hydrogen-bond donors (Lipinski definition) is 0. The third kappa shape index (κ3) is 1.33. The molecule has 7 heteroatoms. The monoisotopic (exact) mass is 222 g/mol. The van der Waals surface area contributed by atoms with Crippen molar-refractivity contribution >= 4 is 11.6 Å². The topological polar surface area (TPSA) is 0 Å². The molecule has 0 radical (unpaired) electrons. The van der Waals surface area contributed by atoms with Gasteiger partial charge in [-0.15, -0.1) is 0 Å². The Kier molecular flexibility index (Phi) is 2.36. The summed E-state index contributed by atoms with van der Waals surface area (Å²) in [5.41, 5.74) is 0. The van der Waals surface area contributed by atoms with Crippen molar-refractivity contribution in [2.24, 2.45) is 0 Å². The molecule has 0 unspecified atom stereocenters. The van der Waals surface area contributed by atoms with Crippen molar-refractivity contribution in [3.63, 3.8) is 0 Å². The Balaban J connectivity index is 3.32. The van der Waals surface area contributed by atoms with Gasteiger partial charge in [-0.3, -0.25) is 0 Å². The summed E-state index contributed by atoms with van der Waals surface area (Å²) in [6, 6.07) is 0. The normalized spacial score (nSPS) is 35.8. The Morgan fingerprint density at radius 2 is 1.54 bits per heavy atom. The first-order valence-corrected chi connectivity index (χ1v) is 3.31. The molecule has 0 aromatic carbocycles. The second-order valence-corrected chi connectivity index (χ2v) is 2.83. The summed E-state index contributed by atoms with van der Waals surface area (Å²) in [5.74, 6) is -9.75. The van der Waals surface area contributed by atoms with Crippen molar-refractivity contribution in [1.29, 1.82) is 0 Å². The molecule has 2 atom stereocenters. The summed E-state index contributed by atoms with van der Waals surface area (Å²) in [6.45, 7) is 0. The van der Waals surface area contributed by atoms with Gasteiger partial charge in [-0.1, -0.05) is 11.6 Å². The van der Waals surface area contributed by atoms with E-state index in [2.05, 4.69) is 11.6 Å². The summed E-state index contributed by atoms with van der Waals surface area (Å²) >= 11 is 4.47. The van der Waals surface area contributed by atoms with Crippen LogP contribution in [0, 0.1) is 0 Å². The maximum atomic E-state index is 12.6. The average molecular weight is 223 g/mol. The van der Waals surface area contributed by atoms with Crippen LogP contribution in [0.4, 0.5) is 26.3 Å². The zero-order valence-electron chi connectivity index (χ0n) is 5.72. The van der Waals surface area contributed by atoms with Crippen LogP contribution in [0.25, 0.3) is 0 Å². The third-order valence-corrected chi connectivity index (χ3v) is 1.79. The summed E-state index contributed by atoms with van der Waals surface area (Å²) in [7, 11) is 0. The summed E-state index contributed by atoms with van der Waals surface area (Å²) < 4.78 is 74.0. The molecular formula is C6HClF6. The second kappa shape index (κ2) is 2.94. The lowest BCUT2D eigenvalue weighted by atomic mass is 10.1. The molecule has 0 nitrogen and oxygen atoms in total. The molecule has 1 rings (SSSR count). The van der Waals surface area contributed by atoms with Gasteiger partial charge in [0.1, 0.15) is 0 Å². The van der Waals surface area contributed by atoms with E-state index in [0.717, 1.165) is 0 Å². The maximum Gasteiger partial charge on any atom is 0.275 e. The zero-order chi connectivity index (χ0) is 10.4. The Hall–Kier alpha value is -0.650. The standard InChI is InChI=1S/C6HClF6/c7-6(13)4(11)2(9)1(8)3(10)5(6)12/h4H/t4-,6+/m0/s1. The quantitative estimate of drug-likeness (QED) is 0.434. The second-order valence-electron chi connectivity index (χ2n) is 2.28. The van der Waals surface area contributed by atoms with E-state index >= 15 is 0 Å².